The summed E-state index contributed by atoms with van der Waals surface area (Å²) in [6, 6.07) is 1.43. The van der Waals surface area contributed by atoms with Gasteiger partial charge in [0.1, 0.15) is 5.69 Å². The number of carbonyl (C=O) groups excluding carboxylic acids is 2. The molecule has 1 amide bonds. The van der Waals surface area contributed by atoms with Crippen molar-refractivity contribution in [3.8, 4) is 11.5 Å². The summed E-state index contributed by atoms with van der Waals surface area (Å²) in [6.45, 7) is 1.54. The molecule has 0 unspecified atom stereocenters. The molecular weight excluding hydrogens is 252 g/mol. The van der Waals surface area contributed by atoms with Crippen LogP contribution in [-0.4, -0.2) is 44.2 Å². The van der Waals surface area contributed by atoms with Crippen molar-refractivity contribution in [3.05, 3.63) is 18.0 Å². The summed E-state index contributed by atoms with van der Waals surface area (Å²) in [5.41, 5.74) is 0.192. The average molecular weight is 268 g/mol. The highest BCUT2D eigenvalue weighted by atomic mass is 16.6. The number of methoxy groups -OCH3 is 2. The predicted molar refractivity (Wildman–Crippen MR) is 66.3 cm³/mol. The van der Waals surface area contributed by atoms with E-state index in [2.05, 4.69) is 15.0 Å². The first-order chi connectivity index (χ1) is 9.03. The molecule has 0 spiro atoms. The second-order valence-electron chi connectivity index (χ2n) is 3.58. The molecule has 0 radical (unpaired) electrons. The van der Waals surface area contributed by atoms with Crippen molar-refractivity contribution < 1.29 is 23.8 Å². The van der Waals surface area contributed by atoms with Crippen molar-refractivity contribution >= 4 is 11.9 Å². The maximum atomic E-state index is 11.4. The Bertz CT molecular complexity index is 475. The number of aromatic nitrogens is 1. The van der Waals surface area contributed by atoms with Gasteiger partial charge in [0.2, 0.25) is 0 Å². The van der Waals surface area contributed by atoms with Crippen LogP contribution in [0.2, 0.25) is 0 Å². The van der Waals surface area contributed by atoms with Crippen molar-refractivity contribution in [2.24, 2.45) is 0 Å². The lowest BCUT2D eigenvalue weighted by Gasteiger charge is -2.15. The highest BCUT2D eigenvalue weighted by molar-refractivity contribution is 5.92. The average Bonchev–Trinajstić information content (AvgIpc) is 2.45. The summed E-state index contributed by atoms with van der Waals surface area (Å²) >= 11 is 0. The van der Waals surface area contributed by atoms with Crippen LogP contribution in [0, 0.1) is 0 Å². The Morgan fingerprint density at radius 2 is 2.00 bits per heavy atom. The molecule has 0 aliphatic heterocycles. The second kappa shape index (κ2) is 6.58. The number of esters is 1. The van der Waals surface area contributed by atoms with E-state index in [0.717, 1.165) is 0 Å². The van der Waals surface area contributed by atoms with Crippen molar-refractivity contribution in [2.45, 2.75) is 13.0 Å². The zero-order valence-corrected chi connectivity index (χ0v) is 11.2. The van der Waals surface area contributed by atoms with E-state index < -0.39 is 12.1 Å². The monoisotopic (exact) mass is 268 g/mol. The molecule has 19 heavy (non-hydrogen) atoms. The number of hydrogen-bond donors (Lipinski definition) is 1. The molecule has 1 rings (SSSR count). The number of carbonyl (C=O) groups is 2. The molecule has 7 nitrogen and oxygen atoms in total. The smallest absolute Gasteiger partial charge is 0.346 e. The van der Waals surface area contributed by atoms with Gasteiger partial charge in [0, 0.05) is 13.1 Å². The summed E-state index contributed by atoms with van der Waals surface area (Å²) in [5.74, 6) is -0.291. The number of amides is 1. The SMILES string of the molecule is CNC(=O)c1cc(OC)c(O[C@@H](C)C(=O)OC)cn1. The number of rotatable bonds is 5. The van der Waals surface area contributed by atoms with Gasteiger partial charge in [-0.05, 0) is 6.92 Å². The Morgan fingerprint density at radius 3 is 2.53 bits per heavy atom. The molecule has 0 saturated heterocycles. The summed E-state index contributed by atoms with van der Waals surface area (Å²) in [7, 11) is 4.20. The van der Waals surface area contributed by atoms with Gasteiger partial charge in [-0.25, -0.2) is 9.78 Å². The van der Waals surface area contributed by atoms with Crippen LogP contribution in [-0.2, 0) is 9.53 Å². The first-order valence-corrected chi connectivity index (χ1v) is 5.54. The molecule has 104 valence electrons. The third kappa shape index (κ3) is 3.57. The Kier molecular flexibility index (Phi) is 5.11. The Balaban J connectivity index is 2.96. The van der Waals surface area contributed by atoms with Crippen LogP contribution >= 0.6 is 0 Å². The van der Waals surface area contributed by atoms with E-state index in [-0.39, 0.29) is 17.4 Å². The molecule has 1 heterocycles. The second-order valence-corrected chi connectivity index (χ2v) is 3.58. The zero-order valence-electron chi connectivity index (χ0n) is 11.2. The molecular formula is C12H16N2O5. The fourth-order valence-corrected chi connectivity index (χ4v) is 1.33. The molecule has 0 saturated carbocycles. The van der Waals surface area contributed by atoms with E-state index in [1.54, 1.807) is 0 Å². The standard InChI is InChI=1S/C12H16N2O5/c1-7(12(16)18-4)19-10-6-14-8(11(15)13-2)5-9(10)17-3/h5-7H,1-4H3,(H,13,15)/t7-/m0/s1. The first kappa shape index (κ1) is 14.7. The molecule has 0 fully saturated rings. The number of ether oxygens (including phenoxy) is 3. The maximum absolute atomic E-state index is 11.4. The number of nitrogens with one attached hydrogen (secondary N) is 1. The van der Waals surface area contributed by atoms with Gasteiger partial charge in [-0.15, -0.1) is 0 Å². The van der Waals surface area contributed by atoms with Crippen LogP contribution in [0.3, 0.4) is 0 Å². The molecule has 0 aliphatic rings. The van der Waals surface area contributed by atoms with Gasteiger partial charge in [-0.2, -0.15) is 0 Å². The van der Waals surface area contributed by atoms with Gasteiger partial charge >= 0.3 is 5.97 Å². The van der Waals surface area contributed by atoms with Gasteiger partial charge in [0.15, 0.2) is 17.6 Å². The highest BCUT2D eigenvalue weighted by Crippen LogP contribution is 2.27. The van der Waals surface area contributed by atoms with Crippen LogP contribution in [0.25, 0.3) is 0 Å². The Labute approximate surface area is 110 Å². The third-order valence-electron chi connectivity index (χ3n) is 2.35. The maximum Gasteiger partial charge on any atom is 0.346 e. The molecule has 0 bridgehead atoms. The fourth-order valence-electron chi connectivity index (χ4n) is 1.33. The molecule has 1 aromatic heterocycles. The van der Waals surface area contributed by atoms with Crippen LogP contribution in [0.1, 0.15) is 17.4 Å². The molecule has 0 aliphatic carbocycles. The minimum atomic E-state index is -0.799. The van der Waals surface area contributed by atoms with E-state index in [1.807, 2.05) is 0 Å². The lowest BCUT2D eigenvalue weighted by atomic mass is 10.3. The van der Waals surface area contributed by atoms with Crippen molar-refractivity contribution in [3.63, 3.8) is 0 Å². The quantitative estimate of drug-likeness (QED) is 0.777. The number of pyridine rings is 1. The molecule has 1 aromatic rings. The lowest BCUT2D eigenvalue weighted by Crippen LogP contribution is -2.25. The summed E-state index contributed by atoms with van der Waals surface area (Å²) < 4.78 is 15.0. The van der Waals surface area contributed by atoms with Crippen LogP contribution < -0.4 is 14.8 Å². The number of nitrogens with zero attached hydrogens (tertiary/aromatic N) is 1. The summed E-state index contributed by atoms with van der Waals surface area (Å²) in [6.07, 6.45) is 0.523. The van der Waals surface area contributed by atoms with Crippen molar-refractivity contribution in [2.75, 3.05) is 21.3 Å². The Morgan fingerprint density at radius 1 is 1.32 bits per heavy atom. The van der Waals surface area contributed by atoms with E-state index in [9.17, 15) is 9.59 Å². The summed E-state index contributed by atoms with van der Waals surface area (Å²) in [5, 5.41) is 2.45. The number of hydrogen-bond acceptors (Lipinski definition) is 6. The third-order valence-corrected chi connectivity index (χ3v) is 2.35. The predicted octanol–water partition coefficient (Wildman–Crippen LogP) is 0.390. The Hall–Kier alpha value is -2.31. The molecule has 7 heteroatoms. The zero-order chi connectivity index (χ0) is 14.4. The van der Waals surface area contributed by atoms with Gasteiger partial charge in [-0.1, -0.05) is 0 Å². The van der Waals surface area contributed by atoms with E-state index >= 15 is 0 Å². The molecule has 0 aromatic carbocycles. The van der Waals surface area contributed by atoms with Gasteiger partial charge in [-0.3, -0.25) is 4.79 Å². The van der Waals surface area contributed by atoms with E-state index in [0.29, 0.717) is 5.75 Å². The van der Waals surface area contributed by atoms with Gasteiger partial charge < -0.3 is 19.5 Å². The molecule has 1 atom stereocenters. The van der Waals surface area contributed by atoms with E-state index in [4.69, 9.17) is 9.47 Å². The van der Waals surface area contributed by atoms with E-state index in [1.165, 1.54) is 40.5 Å². The fraction of sp³-hybridized carbons (Fsp3) is 0.417. The lowest BCUT2D eigenvalue weighted by molar-refractivity contribution is -0.147. The first-order valence-electron chi connectivity index (χ1n) is 5.54. The minimum Gasteiger partial charge on any atom is -0.493 e. The van der Waals surface area contributed by atoms with Gasteiger partial charge in [0.25, 0.3) is 5.91 Å². The normalized spacial score (nSPS) is 11.4. The highest BCUT2D eigenvalue weighted by Gasteiger charge is 2.18. The van der Waals surface area contributed by atoms with Crippen LogP contribution in [0.15, 0.2) is 12.3 Å². The molecule has 1 N–H and O–H groups in total. The topological polar surface area (TPSA) is 86.8 Å². The largest absolute Gasteiger partial charge is 0.493 e. The van der Waals surface area contributed by atoms with Crippen LogP contribution in [0.4, 0.5) is 0 Å². The van der Waals surface area contributed by atoms with Crippen molar-refractivity contribution in [1.29, 1.82) is 0 Å². The van der Waals surface area contributed by atoms with Crippen molar-refractivity contribution in [1.82, 2.24) is 10.3 Å². The summed E-state index contributed by atoms with van der Waals surface area (Å²) in [4.78, 5) is 26.6. The van der Waals surface area contributed by atoms with Crippen LogP contribution in [0.5, 0.6) is 11.5 Å². The van der Waals surface area contributed by atoms with Gasteiger partial charge in [0.05, 0.1) is 20.4 Å². The minimum absolute atomic E-state index is 0.192.